The molecule has 154 valence electrons. The van der Waals surface area contributed by atoms with Crippen LogP contribution in [0.4, 0.5) is 5.69 Å². The monoisotopic (exact) mass is 412 g/mol. The van der Waals surface area contributed by atoms with Crippen molar-refractivity contribution in [2.24, 2.45) is 0 Å². The van der Waals surface area contributed by atoms with Crippen LogP contribution in [-0.2, 0) is 11.3 Å². The van der Waals surface area contributed by atoms with Crippen LogP contribution >= 0.6 is 11.8 Å². The van der Waals surface area contributed by atoms with Crippen LogP contribution in [0.2, 0.25) is 0 Å². The number of carbonyl (C=O) groups is 1. The van der Waals surface area contributed by atoms with E-state index in [2.05, 4.69) is 48.4 Å². The van der Waals surface area contributed by atoms with Crippen molar-refractivity contribution in [3.63, 3.8) is 0 Å². The van der Waals surface area contributed by atoms with E-state index in [9.17, 15) is 4.79 Å². The Morgan fingerprint density at radius 3 is 2.52 bits per heavy atom. The van der Waals surface area contributed by atoms with Gasteiger partial charge in [-0.3, -0.25) is 4.79 Å². The van der Waals surface area contributed by atoms with E-state index in [-0.39, 0.29) is 11.2 Å². The van der Waals surface area contributed by atoms with Crippen LogP contribution < -0.4 is 5.32 Å². The number of aromatic nitrogens is 3. The third-order valence-electron chi connectivity index (χ3n) is 4.75. The van der Waals surface area contributed by atoms with Gasteiger partial charge in [0, 0.05) is 12.2 Å². The fourth-order valence-electron chi connectivity index (χ4n) is 3.07. The largest absolute Gasteiger partial charge is 0.472 e. The summed E-state index contributed by atoms with van der Waals surface area (Å²) in [6.45, 7) is 9.15. The first-order valence-electron chi connectivity index (χ1n) is 10.1. The first-order chi connectivity index (χ1) is 14.0. The molecule has 1 N–H and O–H groups in total. The molecule has 0 aliphatic rings. The van der Waals surface area contributed by atoms with Gasteiger partial charge in [0.1, 0.15) is 6.26 Å². The van der Waals surface area contributed by atoms with Gasteiger partial charge in [-0.05, 0) is 43.0 Å². The molecule has 1 aromatic carbocycles. The van der Waals surface area contributed by atoms with Gasteiger partial charge in [-0.25, -0.2) is 0 Å². The zero-order valence-corrected chi connectivity index (χ0v) is 18.2. The lowest BCUT2D eigenvalue weighted by Crippen LogP contribution is -2.25. The number of hydrogen-bond donors (Lipinski definition) is 1. The van der Waals surface area contributed by atoms with Gasteiger partial charge in [-0.2, -0.15) is 0 Å². The number of nitrogens with one attached hydrogen (secondary N) is 1. The maximum absolute atomic E-state index is 13.0. The Morgan fingerprint density at radius 2 is 1.93 bits per heavy atom. The highest BCUT2D eigenvalue weighted by atomic mass is 32.2. The van der Waals surface area contributed by atoms with Crippen LogP contribution in [0, 0.1) is 0 Å². The number of amides is 1. The minimum absolute atomic E-state index is 0.00957. The Balaban J connectivity index is 1.75. The summed E-state index contributed by atoms with van der Waals surface area (Å²) in [7, 11) is 0. The van der Waals surface area contributed by atoms with Crippen LogP contribution in [0.5, 0.6) is 0 Å². The topological polar surface area (TPSA) is 73.0 Å². The summed E-state index contributed by atoms with van der Waals surface area (Å²) >= 11 is 1.46. The van der Waals surface area contributed by atoms with E-state index in [1.165, 1.54) is 17.3 Å². The molecule has 3 aromatic rings. The van der Waals surface area contributed by atoms with Crippen molar-refractivity contribution in [1.82, 2.24) is 14.8 Å². The highest BCUT2D eigenvalue weighted by molar-refractivity contribution is 8.00. The Bertz CT molecular complexity index is 917. The van der Waals surface area contributed by atoms with E-state index in [0.29, 0.717) is 12.5 Å². The summed E-state index contributed by atoms with van der Waals surface area (Å²) < 4.78 is 7.19. The second-order valence-electron chi connectivity index (χ2n) is 7.22. The minimum Gasteiger partial charge on any atom is -0.472 e. The van der Waals surface area contributed by atoms with E-state index >= 15 is 0 Å². The molecule has 7 heteroatoms. The van der Waals surface area contributed by atoms with Crippen LogP contribution in [0.15, 0.2) is 52.4 Å². The molecule has 0 saturated carbocycles. The molecule has 0 radical (unpaired) electrons. The molecule has 0 saturated heterocycles. The summed E-state index contributed by atoms with van der Waals surface area (Å²) in [5.41, 5.74) is 2.95. The summed E-state index contributed by atoms with van der Waals surface area (Å²) in [4.78, 5) is 13.0. The van der Waals surface area contributed by atoms with Gasteiger partial charge in [-0.1, -0.05) is 51.1 Å². The molecule has 0 aliphatic heterocycles. The van der Waals surface area contributed by atoms with E-state index in [0.717, 1.165) is 35.1 Å². The highest BCUT2D eigenvalue weighted by Crippen LogP contribution is 2.30. The maximum Gasteiger partial charge on any atom is 0.237 e. The van der Waals surface area contributed by atoms with Crippen LogP contribution in [0.25, 0.3) is 11.4 Å². The lowest BCUT2D eigenvalue weighted by molar-refractivity contribution is -0.115. The maximum atomic E-state index is 13.0. The standard InChI is InChI=1S/C22H28N4O2S/c1-5-7-19(21(27)23-18-10-8-16(9-11-18)15(3)4)29-22-25-24-20(26(22)6-2)17-12-13-28-14-17/h8-15,19H,5-7H2,1-4H3,(H,23,27). The van der Waals surface area contributed by atoms with Crippen molar-refractivity contribution in [3.8, 4) is 11.4 Å². The van der Waals surface area contributed by atoms with Crippen molar-refractivity contribution >= 4 is 23.4 Å². The zero-order chi connectivity index (χ0) is 20.8. The Kier molecular flexibility index (Phi) is 7.14. The van der Waals surface area contributed by atoms with Crippen molar-refractivity contribution in [3.05, 3.63) is 48.4 Å². The number of nitrogens with zero attached hydrogens (tertiary/aromatic N) is 3. The van der Waals surface area contributed by atoms with Gasteiger partial charge in [0.05, 0.1) is 17.1 Å². The third kappa shape index (κ3) is 5.09. The molecule has 2 aromatic heterocycles. The average molecular weight is 413 g/mol. The SMILES string of the molecule is CCCC(Sc1nnc(-c2ccoc2)n1CC)C(=O)Nc1ccc(C(C)C)cc1. The van der Waals surface area contributed by atoms with Gasteiger partial charge in [0.2, 0.25) is 5.91 Å². The third-order valence-corrected chi connectivity index (χ3v) is 6.00. The quantitative estimate of drug-likeness (QED) is 0.464. The molecule has 3 rings (SSSR count). The van der Waals surface area contributed by atoms with Gasteiger partial charge in [-0.15, -0.1) is 10.2 Å². The van der Waals surface area contributed by atoms with Crippen molar-refractivity contribution < 1.29 is 9.21 Å². The number of anilines is 1. The Hall–Kier alpha value is -2.54. The second-order valence-corrected chi connectivity index (χ2v) is 8.39. The van der Waals surface area contributed by atoms with E-state index < -0.39 is 0 Å². The summed E-state index contributed by atoms with van der Waals surface area (Å²) in [6.07, 6.45) is 4.95. The number of carbonyl (C=O) groups excluding carboxylic acids is 1. The molecule has 1 atom stereocenters. The smallest absolute Gasteiger partial charge is 0.237 e. The molecule has 1 amide bonds. The minimum atomic E-state index is -0.239. The zero-order valence-electron chi connectivity index (χ0n) is 17.4. The number of thioether (sulfide) groups is 1. The van der Waals surface area contributed by atoms with E-state index in [1.54, 1.807) is 12.5 Å². The Labute approximate surface area is 176 Å². The molecule has 0 spiro atoms. The molecular formula is C22H28N4O2S. The van der Waals surface area contributed by atoms with Gasteiger partial charge < -0.3 is 14.3 Å². The molecule has 6 nitrogen and oxygen atoms in total. The highest BCUT2D eigenvalue weighted by Gasteiger charge is 2.24. The van der Waals surface area contributed by atoms with Crippen LogP contribution in [-0.4, -0.2) is 25.9 Å². The number of benzene rings is 1. The van der Waals surface area contributed by atoms with Gasteiger partial charge in [0.25, 0.3) is 0 Å². The first-order valence-corrected chi connectivity index (χ1v) is 10.9. The van der Waals surface area contributed by atoms with Crippen molar-refractivity contribution in [2.45, 2.75) is 63.4 Å². The van der Waals surface area contributed by atoms with Gasteiger partial charge in [0.15, 0.2) is 11.0 Å². The molecule has 0 bridgehead atoms. The molecular weight excluding hydrogens is 384 g/mol. The Morgan fingerprint density at radius 1 is 1.17 bits per heavy atom. The average Bonchev–Trinajstić information content (AvgIpc) is 3.37. The van der Waals surface area contributed by atoms with E-state index in [4.69, 9.17) is 4.42 Å². The van der Waals surface area contributed by atoms with Gasteiger partial charge >= 0.3 is 0 Å². The van der Waals surface area contributed by atoms with E-state index in [1.807, 2.05) is 29.7 Å². The first kappa shape index (κ1) is 21.2. The molecule has 29 heavy (non-hydrogen) atoms. The van der Waals surface area contributed by atoms with Crippen LogP contribution in [0.3, 0.4) is 0 Å². The normalized spacial score (nSPS) is 12.3. The molecule has 0 aliphatic carbocycles. The lowest BCUT2D eigenvalue weighted by Gasteiger charge is -2.16. The summed E-state index contributed by atoms with van der Waals surface area (Å²) in [5, 5.41) is 12.2. The fraction of sp³-hybridized carbons (Fsp3) is 0.409. The van der Waals surface area contributed by atoms with Crippen LogP contribution in [0.1, 0.15) is 52.0 Å². The predicted octanol–water partition coefficient (Wildman–Crippen LogP) is 5.58. The molecule has 2 heterocycles. The lowest BCUT2D eigenvalue weighted by atomic mass is 10.0. The fourth-order valence-corrected chi connectivity index (χ4v) is 4.28. The molecule has 0 fully saturated rings. The summed E-state index contributed by atoms with van der Waals surface area (Å²) in [6, 6.07) is 9.92. The number of furan rings is 1. The predicted molar refractivity (Wildman–Crippen MR) is 117 cm³/mol. The molecule has 1 unspecified atom stereocenters. The number of rotatable bonds is 9. The summed E-state index contributed by atoms with van der Waals surface area (Å²) in [5.74, 6) is 1.21. The second kappa shape index (κ2) is 9.78. The number of hydrogen-bond acceptors (Lipinski definition) is 5. The van der Waals surface area contributed by atoms with Crippen molar-refractivity contribution in [1.29, 1.82) is 0 Å². The van der Waals surface area contributed by atoms with Crippen molar-refractivity contribution in [2.75, 3.05) is 5.32 Å².